The van der Waals surface area contributed by atoms with Gasteiger partial charge >= 0.3 is 11.9 Å². The van der Waals surface area contributed by atoms with Gasteiger partial charge in [0, 0.05) is 5.41 Å². The average Bonchev–Trinajstić information content (AvgIpc) is 2.81. The van der Waals surface area contributed by atoms with Gasteiger partial charge in [-0.05, 0) is 125 Å². The standard InChI is InChI=1S/C27H28Br4O6/c1-5-7-9-21(25(32)33)36-23-17(28)11-15(12-18(23)29)27(3,4)16-13-19(30)24(20(31)14-16)37-22(26(34)35)10-8-6-2/h5-6,11-14,21-22H,1-2,7-10H2,3-4H3,(H,32,33)(H,34,35). The summed E-state index contributed by atoms with van der Waals surface area (Å²) in [6.45, 7) is 11.4. The van der Waals surface area contributed by atoms with Crippen molar-refractivity contribution in [3.8, 4) is 11.5 Å². The normalized spacial score (nSPS) is 12.9. The maximum absolute atomic E-state index is 11.6. The molecule has 0 heterocycles. The summed E-state index contributed by atoms with van der Waals surface area (Å²) < 4.78 is 14.1. The lowest BCUT2D eigenvalue weighted by Crippen LogP contribution is -2.27. The molecule has 0 aliphatic carbocycles. The molecule has 0 aliphatic heterocycles. The number of hydrogen-bond donors (Lipinski definition) is 2. The van der Waals surface area contributed by atoms with E-state index in [4.69, 9.17) is 9.47 Å². The summed E-state index contributed by atoms with van der Waals surface area (Å²) in [5.41, 5.74) is 1.36. The van der Waals surface area contributed by atoms with Crippen molar-refractivity contribution in [2.24, 2.45) is 0 Å². The van der Waals surface area contributed by atoms with Crippen molar-refractivity contribution in [2.45, 2.75) is 57.2 Å². The van der Waals surface area contributed by atoms with Crippen LogP contribution in [-0.2, 0) is 15.0 Å². The van der Waals surface area contributed by atoms with Crippen LogP contribution in [0.3, 0.4) is 0 Å². The summed E-state index contributed by atoms with van der Waals surface area (Å²) in [7, 11) is 0. The number of allylic oxidation sites excluding steroid dienone is 2. The van der Waals surface area contributed by atoms with Crippen molar-refractivity contribution in [3.63, 3.8) is 0 Å². The predicted molar refractivity (Wildman–Crippen MR) is 159 cm³/mol. The molecule has 2 aromatic rings. The first kappa shape index (κ1) is 31.6. The molecule has 2 atom stereocenters. The predicted octanol–water partition coefficient (Wildman–Crippen LogP) is 8.66. The highest BCUT2D eigenvalue weighted by molar-refractivity contribution is 9.11. The van der Waals surface area contributed by atoms with Crippen molar-refractivity contribution >= 4 is 75.7 Å². The van der Waals surface area contributed by atoms with Crippen LogP contribution < -0.4 is 9.47 Å². The molecule has 0 bridgehead atoms. The number of rotatable bonds is 14. The number of benzene rings is 2. The molecule has 2 rings (SSSR count). The van der Waals surface area contributed by atoms with Gasteiger partial charge < -0.3 is 19.7 Å². The zero-order valence-corrected chi connectivity index (χ0v) is 26.7. The first-order valence-corrected chi connectivity index (χ1v) is 14.5. The number of aliphatic carboxylic acids is 2. The molecular formula is C27H28Br4O6. The number of carbonyl (C=O) groups is 2. The molecule has 0 amide bonds. The zero-order valence-electron chi connectivity index (χ0n) is 20.4. The van der Waals surface area contributed by atoms with Crippen LogP contribution >= 0.6 is 63.7 Å². The Hall–Kier alpha value is -1.62. The van der Waals surface area contributed by atoms with Gasteiger partial charge in [-0.1, -0.05) is 26.0 Å². The Morgan fingerprint density at radius 2 is 1.08 bits per heavy atom. The molecule has 0 saturated carbocycles. The summed E-state index contributed by atoms with van der Waals surface area (Å²) >= 11 is 14.2. The van der Waals surface area contributed by atoms with E-state index in [1.54, 1.807) is 12.2 Å². The van der Waals surface area contributed by atoms with E-state index < -0.39 is 29.6 Å². The topological polar surface area (TPSA) is 93.1 Å². The van der Waals surface area contributed by atoms with Gasteiger partial charge in [0.25, 0.3) is 0 Å². The van der Waals surface area contributed by atoms with E-state index >= 15 is 0 Å². The lowest BCUT2D eigenvalue weighted by molar-refractivity contribution is -0.146. The van der Waals surface area contributed by atoms with E-state index in [0.29, 0.717) is 55.1 Å². The van der Waals surface area contributed by atoms with Crippen LogP contribution in [-0.4, -0.2) is 34.4 Å². The third-order valence-electron chi connectivity index (χ3n) is 5.78. The Morgan fingerprint density at radius 3 is 1.32 bits per heavy atom. The Balaban J connectivity index is 2.41. The fourth-order valence-corrected chi connectivity index (χ4v) is 6.27. The van der Waals surface area contributed by atoms with E-state index in [1.807, 2.05) is 38.1 Å². The van der Waals surface area contributed by atoms with Gasteiger partial charge in [-0.2, -0.15) is 0 Å². The number of hydrogen-bond acceptors (Lipinski definition) is 4. The summed E-state index contributed by atoms with van der Waals surface area (Å²) in [5.74, 6) is -1.28. The van der Waals surface area contributed by atoms with Crippen LogP contribution in [0.25, 0.3) is 0 Å². The highest BCUT2D eigenvalue weighted by Crippen LogP contribution is 2.44. The monoisotopic (exact) mass is 764 g/mol. The largest absolute Gasteiger partial charge is 0.479 e. The Kier molecular flexibility index (Phi) is 11.9. The molecule has 0 saturated heterocycles. The third-order valence-corrected chi connectivity index (χ3v) is 8.13. The van der Waals surface area contributed by atoms with Crippen LogP contribution in [0.2, 0.25) is 0 Å². The molecular weight excluding hydrogens is 740 g/mol. The van der Waals surface area contributed by atoms with Crippen LogP contribution in [0.15, 0.2) is 67.5 Å². The van der Waals surface area contributed by atoms with Gasteiger partial charge in [0.2, 0.25) is 0 Å². The zero-order chi connectivity index (χ0) is 27.9. The maximum atomic E-state index is 11.6. The van der Waals surface area contributed by atoms with E-state index in [1.165, 1.54) is 0 Å². The minimum Gasteiger partial charge on any atom is -0.479 e. The van der Waals surface area contributed by atoms with Crippen LogP contribution in [0.1, 0.15) is 50.7 Å². The second kappa shape index (κ2) is 14.0. The van der Waals surface area contributed by atoms with Crippen molar-refractivity contribution in [2.75, 3.05) is 0 Å². The van der Waals surface area contributed by atoms with Gasteiger partial charge in [-0.15, -0.1) is 13.2 Å². The number of carboxylic acids is 2. The molecule has 0 aliphatic rings. The second-order valence-corrected chi connectivity index (χ2v) is 12.2. The van der Waals surface area contributed by atoms with Crippen LogP contribution in [0.4, 0.5) is 0 Å². The molecule has 0 aromatic heterocycles. The van der Waals surface area contributed by atoms with Crippen LogP contribution in [0, 0.1) is 0 Å². The summed E-state index contributed by atoms with van der Waals surface area (Å²) in [5, 5.41) is 19.1. The Morgan fingerprint density at radius 1 is 0.784 bits per heavy atom. The van der Waals surface area contributed by atoms with E-state index in [2.05, 4.69) is 76.9 Å². The van der Waals surface area contributed by atoms with Gasteiger partial charge in [-0.3, -0.25) is 0 Å². The van der Waals surface area contributed by atoms with Crippen molar-refractivity contribution in [3.05, 3.63) is 78.6 Å². The first-order valence-electron chi connectivity index (χ1n) is 11.3. The minimum absolute atomic E-state index is 0.303. The summed E-state index contributed by atoms with van der Waals surface area (Å²) in [6.07, 6.45) is 2.94. The van der Waals surface area contributed by atoms with Gasteiger partial charge in [-0.25, -0.2) is 9.59 Å². The molecule has 0 spiro atoms. The summed E-state index contributed by atoms with van der Waals surface area (Å²) in [6, 6.07) is 7.59. The molecule has 2 unspecified atom stereocenters. The van der Waals surface area contributed by atoms with Gasteiger partial charge in [0.05, 0.1) is 17.9 Å². The average molecular weight is 768 g/mol. The SMILES string of the molecule is C=CCCC(Oc1c(Br)cc(C(C)(C)c2cc(Br)c(OC(CCC=C)C(=O)O)c(Br)c2)cc1Br)C(=O)O. The fourth-order valence-electron chi connectivity index (χ4n) is 3.52. The quantitative estimate of drug-likeness (QED) is 0.187. The first-order chi connectivity index (χ1) is 17.3. The molecule has 2 N–H and O–H groups in total. The fraction of sp³-hybridized carbons (Fsp3) is 0.333. The number of carboxylic acid groups (broad SMARTS) is 2. The smallest absolute Gasteiger partial charge is 0.344 e. The van der Waals surface area contributed by atoms with Crippen molar-refractivity contribution in [1.82, 2.24) is 0 Å². The van der Waals surface area contributed by atoms with Gasteiger partial charge in [0.15, 0.2) is 12.2 Å². The highest BCUT2D eigenvalue weighted by atomic mass is 79.9. The van der Waals surface area contributed by atoms with E-state index in [0.717, 1.165) is 11.1 Å². The minimum atomic E-state index is -1.04. The summed E-state index contributed by atoms with van der Waals surface area (Å²) in [4.78, 5) is 23.3. The van der Waals surface area contributed by atoms with Crippen LogP contribution in [0.5, 0.6) is 11.5 Å². The highest BCUT2D eigenvalue weighted by Gasteiger charge is 2.29. The number of halogens is 4. The molecule has 6 nitrogen and oxygen atoms in total. The molecule has 0 radical (unpaired) electrons. The van der Waals surface area contributed by atoms with Gasteiger partial charge in [0.1, 0.15) is 11.5 Å². The molecule has 200 valence electrons. The number of ether oxygens (including phenoxy) is 2. The third kappa shape index (κ3) is 8.18. The van der Waals surface area contributed by atoms with Crippen molar-refractivity contribution in [1.29, 1.82) is 0 Å². The molecule has 10 heteroatoms. The van der Waals surface area contributed by atoms with Crippen molar-refractivity contribution < 1.29 is 29.3 Å². The van der Waals surface area contributed by atoms with E-state index in [-0.39, 0.29) is 0 Å². The van der Waals surface area contributed by atoms with E-state index in [9.17, 15) is 19.8 Å². The lowest BCUT2D eigenvalue weighted by Gasteiger charge is -2.29. The lowest BCUT2D eigenvalue weighted by atomic mass is 9.78. The molecule has 2 aromatic carbocycles. The Bertz CT molecular complexity index is 1040. The second-order valence-electron chi connectivity index (χ2n) is 8.78. The maximum Gasteiger partial charge on any atom is 0.344 e. The Labute approximate surface area is 250 Å². The molecule has 37 heavy (non-hydrogen) atoms. The molecule has 0 fully saturated rings.